The van der Waals surface area contributed by atoms with Crippen molar-refractivity contribution >= 4 is 5.91 Å². The van der Waals surface area contributed by atoms with Crippen LogP contribution in [0.2, 0.25) is 0 Å². The Hall–Kier alpha value is -1.35. The molecular formula is C18H27NO2. The Balaban J connectivity index is 2.26. The fraction of sp³-hybridized carbons (Fsp3) is 0.611. The molecule has 1 N–H and O–H groups in total. The van der Waals surface area contributed by atoms with E-state index >= 15 is 0 Å². The van der Waals surface area contributed by atoms with Crippen molar-refractivity contribution in [3.63, 3.8) is 0 Å². The van der Waals surface area contributed by atoms with E-state index < -0.39 is 0 Å². The smallest absolute Gasteiger partial charge is 0.254 e. The summed E-state index contributed by atoms with van der Waals surface area (Å²) in [6.45, 7) is 11.1. The molecule has 0 atom stereocenters. The molecule has 0 aliphatic heterocycles. The van der Waals surface area contributed by atoms with E-state index in [9.17, 15) is 9.90 Å². The summed E-state index contributed by atoms with van der Waals surface area (Å²) in [7, 11) is 1.87. The molecule has 0 heterocycles. The minimum atomic E-state index is -0.161. The van der Waals surface area contributed by atoms with Gasteiger partial charge in [0, 0.05) is 19.2 Å². The predicted octanol–water partition coefficient (Wildman–Crippen LogP) is 3.07. The van der Waals surface area contributed by atoms with E-state index in [1.54, 1.807) is 0 Å². The highest BCUT2D eigenvalue weighted by Gasteiger charge is 2.30. The molecule has 1 amide bonds. The van der Waals surface area contributed by atoms with E-state index in [-0.39, 0.29) is 12.0 Å². The molecule has 0 bridgehead atoms. The molecule has 1 aromatic carbocycles. The van der Waals surface area contributed by atoms with Gasteiger partial charge >= 0.3 is 0 Å². The standard InChI is InChI=1S/C18H27NO2/c1-10-11(2)13(4)17(14(5)12(10)3)18(21)19(6)9-15-7-16(20)8-15/h15-16,20H,7-9H2,1-6H3. The lowest BCUT2D eigenvalue weighted by atomic mass is 9.82. The number of carbonyl (C=O) groups excluding carboxylic acids is 1. The fourth-order valence-electron chi connectivity index (χ4n) is 3.33. The maximum absolute atomic E-state index is 12.8. The first-order chi connectivity index (χ1) is 9.73. The van der Waals surface area contributed by atoms with Crippen LogP contribution in [0.15, 0.2) is 0 Å². The largest absolute Gasteiger partial charge is 0.393 e. The van der Waals surface area contributed by atoms with Crippen molar-refractivity contribution in [2.24, 2.45) is 5.92 Å². The molecule has 0 radical (unpaired) electrons. The summed E-state index contributed by atoms with van der Waals surface area (Å²) in [6.07, 6.45) is 1.48. The molecule has 1 fully saturated rings. The van der Waals surface area contributed by atoms with Crippen LogP contribution in [0.5, 0.6) is 0 Å². The van der Waals surface area contributed by atoms with E-state index in [2.05, 4.69) is 20.8 Å². The lowest BCUT2D eigenvalue weighted by molar-refractivity contribution is 0.0265. The second kappa shape index (κ2) is 5.80. The van der Waals surface area contributed by atoms with Gasteiger partial charge in [-0.3, -0.25) is 4.79 Å². The van der Waals surface area contributed by atoms with Crippen molar-refractivity contribution in [3.05, 3.63) is 33.4 Å². The van der Waals surface area contributed by atoms with Crippen LogP contribution in [0.25, 0.3) is 0 Å². The maximum Gasteiger partial charge on any atom is 0.254 e. The number of carbonyl (C=O) groups is 1. The fourth-order valence-corrected chi connectivity index (χ4v) is 3.33. The second-order valence-corrected chi connectivity index (χ2v) is 6.68. The van der Waals surface area contributed by atoms with Crippen LogP contribution >= 0.6 is 0 Å². The van der Waals surface area contributed by atoms with Crippen LogP contribution in [-0.2, 0) is 0 Å². The van der Waals surface area contributed by atoms with Gasteiger partial charge in [-0.1, -0.05) is 0 Å². The first kappa shape index (κ1) is 16.0. The molecule has 2 rings (SSSR count). The number of nitrogens with zero attached hydrogens (tertiary/aromatic N) is 1. The number of aliphatic hydroxyl groups is 1. The Morgan fingerprint density at radius 1 is 1.00 bits per heavy atom. The van der Waals surface area contributed by atoms with Gasteiger partial charge in [-0.2, -0.15) is 0 Å². The van der Waals surface area contributed by atoms with Gasteiger partial charge < -0.3 is 10.0 Å². The molecular weight excluding hydrogens is 262 g/mol. The zero-order valence-corrected chi connectivity index (χ0v) is 14.1. The molecule has 1 aromatic rings. The highest BCUT2D eigenvalue weighted by atomic mass is 16.3. The predicted molar refractivity (Wildman–Crippen MR) is 85.8 cm³/mol. The minimum absolute atomic E-state index is 0.109. The number of benzene rings is 1. The van der Waals surface area contributed by atoms with Crippen LogP contribution in [0, 0.1) is 40.5 Å². The highest BCUT2D eigenvalue weighted by Crippen LogP contribution is 2.30. The van der Waals surface area contributed by atoms with E-state index in [1.807, 2.05) is 25.8 Å². The molecule has 1 aliphatic carbocycles. The molecule has 0 aromatic heterocycles. The summed E-state index contributed by atoms with van der Waals surface area (Å²) in [5, 5.41) is 9.37. The Morgan fingerprint density at radius 2 is 1.43 bits per heavy atom. The zero-order valence-electron chi connectivity index (χ0n) is 14.1. The van der Waals surface area contributed by atoms with Crippen molar-refractivity contribution in [3.8, 4) is 0 Å². The average molecular weight is 289 g/mol. The quantitative estimate of drug-likeness (QED) is 0.929. The van der Waals surface area contributed by atoms with E-state index in [4.69, 9.17) is 0 Å². The van der Waals surface area contributed by atoms with Crippen LogP contribution in [0.4, 0.5) is 0 Å². The molecule has 0 spiro atoms. The SMILES string of the molecule is Cc1c(C)c(C)c(C(=O)N(C)CC2CC(O)C2)c(C)c1C. The number of rotatable bonds is 3. The number of aliphatic hydroxyl groups excluding tert-OH is 1. The molecule has 116 valence electrons. The van der Waals surface area contributed by atoms with E-state index in [0.717, 1.165) is 36.1 Å². The van der Waals surface area contributed by atoms with Crippen molar-refractivity contribution < 1.29 is 9.90 Å². The zero-order chi connectivity index (χ0) is 15.9. The molecule has 1 aliphatic rings. The monoisotopic (exact) mass is 289 g/mol. The summed E-state index contributed by atoms with van der Waals surface area (Å²) in [5.41, 5.74) is 6.77. The Labute approximate surface area is 128 Å². The molecule has 21 heavy (non-hydrogen) atoms. The van der Waals surface area contributed by atoms with Crippen LogP contribution in [-0.4, -0.2) is 35.6 Å². The van der Waals surface area contributed by atoms with Gasteiger partial charge in [-0.05, 0) is 81.2 Å². The second-order valence-electron chi connectivity index (χ2n) is 6.68. The maximum atomic E-state index is 12.8. The minimum Gasteiger partial charge on any atom is -0.393 e. The Kier molecular flexibility index (Phi) is 4.43. The van der Waals surface area contributed by atoms with Gasteiger partial charge in [-0.15, -0.1) is 0 Å². The molecule has 1 saturated carbocycles. The lowest BCUT2D eigenvalue weighted by Crippen LogP contribution is -2.40. The molecule has 0 saturated heterocycles. The van der Waals surface area contributed by atoms with Gasteiger partial charge in [0.15, 0.2) is 0 Å². The third-order valence-corrected chi connectivity index (χ3v) is 5.30. The van der Waals surface area contributed by atoms with Gasteiger partial charge in [0.25, 0.3) is 5.91 Å². The van der Waals surface area contributed by atoms with E-state index in [1.165, 1.54) is 16.7 Å². The lowest BCUT2D eigenvalue weighted by Gasteiger charge is -2.35. The van der Waals surface area contributed by atoms with Gasteiger partial charge in [0.05, 0.1) is 6.10 Å². The van der Waals surface area contributed by atoms with Crippen LogP contribution in [0.3, 0.4) is 0 Å². The summed E-state index contributed by atoms with van der Waals surface area (Å²) in [5.74, 6) is 0.555. The number of amides is 1. The van der Waals surface area contributed by atoms with Crippen molar-refractivity contribution in [1.82, 2.24) is 4.90 Å². The summed E-state index contributed by atoms with van der Waals surface area (Å²) >= 11 is 0. The summed E-state index contributed by atoms with van der Waals surface area (Å²) < 4.78 is 0. The summed E-state index contributed by atoms with van der Waals surface area (Å²) in [4.78, 5) is 14.6. The average Bonchev–Trinajstić information content (AvgIpc) is 2.41. The number of hydrogen-bond donors (Lipinski definition) is 1. The Morgan fingerprint density at radius 3 is 1.86 bits per heavy atom. The normalized spacial score (nSPS) is 21.1. The summed E-state index contributed by atoms with van der Waals surface area (Å²) in [6, 6.07) is 0. The first-order valence-electron chi connectivity index (χ1n) is 7.74. The third-order valence-electron chi connectivity index (χ3n) is 5.30. The first-order valence-corrected chi connectivity index (χ1v) is 7.74. The van der Waals surface area contributed by atoms with Crippen molar-refractivity contribution in [1.29, 1.82) is 0 Å². The van der Waals surface area contributed by atoms with Crippen molar-refractivity contribution in [2.75, 3.05) is 13.6 Å². The number of hydrogen-bond acceptors (Lipinski definition) is 2. The third kappa shape index (κ3) is 2.84. The van der Waals surface area contributed by atoms with Crippen LogP contribution in [0.1, 0.15) is 51.0 Å². The Bertz CT molecular complexity index is 542. The highest BCUT2D eigenvalue weighted by molar-refractivity contribution is 5.97. The van der Waals surface area contributed by atoms with Gasteiger partial charge in [-0.25, -0.2) is 0 Å². The van der Waals surface area contributed by atoms with Crippen LogP contribution < -0.4 is 0 Å². The van der Waals surface area contributed by atoms with E-state index in [0.29, 0.717) is 5.92 Å². The topological polar surface area (TPSA) is 40.5 Å². The molecule has 3 heteroatoms. The van der Waals surface area contributed by atoms with Crippen molar-refractivity contribution in [2.45, 2.75) is 53.6 Å². The van der Waals surface area contributed by atoms with Gasteiger partial charge in [0.2, 0.25) is 0 Å². The van der Waals surface area contributed by atoms with Gasteiger partial charge in [0.1, 0.15) is 0 Å². The molecule has 3 nitrogen and oxygen atoms in total. The molecule has 0 unspecified atom stereocenters.